The molecule has 4 rings (SSSR count). The Morgan fingerprint density at radius 2 is 1.81 bits per heavy atom. The van der Waals surface area contributed by atoms with E-state index in [4.69, 9.17) is 0 Å². The highest BCUT2D eigenvalue weighted by atomic mass is 32.2. The quantitative estimate of drug-likeness (QED) is 0.546. The smallest absolute Gasteiger partial charge is 0.243 e. The highest BCUT2D eigenvalue weighted by Gasteiger charge is 2.34. The number of carbonyl (C=O) groups excluding carboxylic acids is 1. The van der Waals surface area contributed by atoms with E-state index < -0.39 is 10.0 Å². The second-order valence-corrected chi connectivity index (χ2v) is 10.7. The van der Waals surface area contributed by atoms with Crippen molar-refractivity contribution in [3.63, 3.8) is 0 Å². The van der Waals surface area contributed by atoms with Crippen LogP contribution >= 0.6 is 0 Å². The molecule has 2 heterocycles. The first-order valence-electron chi connectivity index (χ1n) is 11.2. The lowest BCUT2D eigenvalue weighted by Crippen LogP contribution is -2.28. The van der Waals surface area contributed by atoms with E-state index in [1.807, 2.05) is 41.1 Å². The Balaban J connectivity index is 1.58. The van der Waals surface area contributed by atoms with Gasteiger partial charge < -0.3 is 9.47 Å². The fourth-order valence-electron chi connectivity index (χ4n) is 4.48. The molecule has 1 saturated heterocycles. The summed E-state index contributed by atoms with van der Waals surface area (Å²) in [5, 5.41) is 1.09. The van der Waals surface area contributed by atoms with Crippen LogP contribution in [0.1, 0.15) is 36.8 Å². The van der Waals surface area contributed by atoms with Gasteiger partial charge in [0.2, 0.25) is 15.9 Å². The lowest BCUT2D eigenvalue weighted by molar-refractivity contribution is -0.129. The van der Waals surface area contributed by atoms with Gasteiger partial charge in [-0.1, -0.05) is 43.7 Å². The molecular formula is C25H31N3O3S. The molecule has 1 unspecified atom stereocenters. The second-order valence-electron chi connectivity index (χ2n) is 8.76. The van der Waals surface area contributed by atoms with E-state index in [0.29, 0.717) is 18.0 Å². The highest BCUT2D eigenvalue weighted by molar-refractivity contribution is 7.89. The van der Waals surface area contributed by atoms with Crippen molar-refractivity contribution in [3.05, 3.63) is 65.9 Å². The van der Waals surface area contributed by atoms with Gasteiger partial charge in [0.05, 0.1) is 4.90 Å². The van der Waals surface area contributed by atoms with Crippen molar-refractivity contribution in [2.75, 3.05) is 27.2 Å². The van der Waals surface area contributed by atoms with E-state index in [9.17, 15) is 13.2 Å². The first-order chi connectivity index (χ1) is 15.3. The minimum atomic E-state index is -3.52. The Labute approximate surface area is 190 Å². The fraction of sp³-hybridized carbons (Fsp3) is 0.400. The van der Waals surface area contributed by atoms with Crippen molar-refractivity contribution in [3.8, 4) is 0 Å². The molecule has 0 saturated carbocycles. The van der Waals surface area contributed by atoms with E-state index >= 15 is 0 Å². The van der Waals surface area contributed by atoms with Gasteiger partial charge in [0, 0.05) is 50.2 Å². The summed E-state index contributed by atoms with van der Waals surface area (Å²) in [4.78, 5) is 14.3. The van der Waals surface area contributed by atoms with Crippen molar-refractivity contribution in [1.29, 1.82) is 0 Å². The van der Waals surface area contributed by atoms with E-state index in [1.54, 1.807) is 35.4 Å². The van der Waals surface area contributed by atoms with Gasteiger partial charge in [-0.2, -0.15) is 4.31 Å². The Bertz CT molecular complexity index is 1210. The number of para-hydroxylation sites is 1. The number of aromatic nitrogens is 1. The number of benzene rings is 2. The molecule has 6 nitrogen and oxygen atoms in total. The summed E-state index contributed by atoms with van der Waals surface area (Å²) in [6, 6.07) is 15.3. The van der Waals surface area contributed by atoms with E-state index in [1.165, 1.54) is 0 Å². The summed E-state index contributed by atoms with van der Waals surface area (Å²) in [6.45, 7) is 3.34. The zero-order valence-corrected chi connectivity index (χ0v) is 19.8. The summed E-state index contributed by atoms with van der Waals surface area (Å²) in [5.74, 6) is 0.129. The maximum atomic E-state index is 13.2. The number of sulfonamides is 1. The van der Waals surface area contributed by atoms with Crippen LogP contribution in [0, 0.1) is 0 Å². The number of hydrogen-bond donors (Lipinski definition) is 0. The molecule has 0 N–H and O–H groups in total. The van der Waals surface area contributed by atoms with Crippen molar-refractivity contribution >= 4 is 26.8 Å². The number of nitrogens with zero attached hydrogens (tertiary/aromatic N) is 3. The Morgan fingerprint density at radius 1 is 1.09 bits per heavy atom. The van der Waals surface area contributed by atoms with Crippen LogP contribution in [0.2, 0.25) is 0 Å². The van der Waals surface area contributed by atoms with Gasteiger partial charge in [-0.05, 0) is 42.2 Å². The van der Waals surface area contributed by atoms with Crippen LogP contribution in [-0.4, -0.2) is 55.3 Å². The molecule has 32 heavy (non-hydrogen) atoms. The molecule has 170 valence electrons. The summed E-state index contributed by atoms with van der Waals surface area (Å²) < 4.78 is 30.1. The molecule has 3 aromatic rings. The molecule has 1 atom stereocenters. The number of aryl methyl sites for hydroxylation is 1. The van der Waals surface area contributed by atoms with Crippen molar-refractivity contribution in [1.82, 2.24) is 13.8 Å². The molecule has 0 spiro atoms. The second kappa shape index (κ2) is 9.08. The SMILES string of the molecule is CCCc1ccc(S(=O)(=O)N2CCC(c3cn(CC(=O)N(C)C)c4ccccc34)C2)cc1. The van der Waals surface area contributed by atoms with Crippen LogP contribution < -0.4 is 0 Å². The van der Waals surface area contributed by atoms with Gasteiger partial charge in [0.15, 0.2) is 0 Å². The van der Waals surface area contributed by atoms with E-state index in [-0.39, 0.29) is 18.4 Å². The van der Waals surface area contributed by atoms with Gasteiger partial charge in [-0.25, -0.2) is 8.42 Å². The number of hydrogen-bond acceptors (Lipinski definition) is 3. The monoisotopic (exact) mass is 453 g/mol. The lowest BCUT2D eigenvalue weighted by atomic mass is 9.98. The molecule has 0 bridgehead atoms. The normalized spacial score (nSPS) is 17.2. The molecule has 1 fully saturated rings. The van der Waals surface area contributed by atoms with Crippen molar-refractivity contribution in [2.24, 2.45) is 0 Å². The summed E-state index contributed by atoms with van der Waals surface area (Å²) in [6.07, 6.45) is 4.79. The third-order valence-electron chi connectivity index (χ3n) is 6.31. The Kier molecular flexibility index (Phi) is 6.40. The standard InChI is InChI=1S/C25H31N3O3S/c1-4-7-19-10-12-21(13-11-19)32(30,31)28-15-14-20(16-28)23-17-27(18-25(29)26(2)3)24-9-6-5-8-22(23)24/h5-6,8-13,17,20H,4,7,14-16,18H2,1-3H3. The maximum Gasteiger partial charge on any atom is 0.243 e. The Hall–Kier alpha value is -2.64. The molecule has 1 amide bonds. The summed E-state index contributed by atoms with van der Waals surface area (Å²) in [5.41, 5.74) is 3.28. The largest absolute Gasteiger partial charge is 0.347 e. The zero-order chi connectivity index (χ0) is 22.9. The maximum absolute atomic E-state index is 13.2. The molecule has 0 aliphatic carbocycles. The first-order valence-corrected chi connectivity index (χ1v) is 12.6. The molecule has 7 heteroatoms. The fourth-order valence-corrected chi connectivity index (χ4v) is 5.98. The minimum absolute atomic E-state index is 0.0273. The van der Waals surface area contributed by atoms with Crippen LogP contribution in [0.25, 0.3) is 10.9 Å². The molecule has 1 aliphatic rings. The zero-order valence-electron chi connectivity index (χ0n) is 19.0. The van der Waals surface area contributed by atoms with Gasteiger partial charge >= 0.3 is 0 Å². The predicted molar refractivity (Wildman–Crippen MR) is 127 cm³/mol. The molecule has 0 radical (unpaired) electrons. The third kappa shape index (κ3) is 4.32. The van der Waals surface area contributed by atoms with Gasteiger partial charge in [0.1, 0.15) is 6.54 Å². The number of likely N-dealkylation sites (N-methyl/N-ethyl adjacent to an activating group) is 1. The van der Waals surface area contributed by atoms with E-state index in [2.05, 4.69) is 13.0 Å². The van der Waals surface area contributed by atoms with Crippen LogP contribution in [0.3, 0.4) is 0 Å². The third-order valence-corrected chi connectivity index (χ3v) is 8.19. The van der Waals surface area contributed by atoms with Crippen molar-refractivity contribution in [2.45, 2.75) is 43.5 Å². The highest BCUT2D eigenvalue weighted by Crippen LogP contribution is 2.36. The summed E-state index contributed by atoms with van der Waals surface area (Å²) in [7, 11) is -0.0155. The van der Waals surface area contributed by atoms with Crippen LogP contribution in [0.5, 0.6) is 0 Å². The van der Waals surface area contributed by atoms with Crippen molar-refractivity contribution < 1.29 is 13.2 Å². The van der Waals surface area contributed by atoms with Gasteiger partial charge in [-0.15, -0.1) is 0 Å². The van der Waals surface area contributed by atoms with Crippen LogP contribution in [0.15, 0.2) is 59.6 Å². The van der Waals surface area contributed by atoms with Gasteiger partial charge in [-0.3, -0.25) is 4.79 Å². The number of rotatable bonds is 7. The number of amides is 1. The number of carbonyl (C=O) groups is 1. The number of fused-ring (bicyclic) bond motifs is 1. The Morgan fingerprint density at radius 3 is 2.50 bits per heavy atom. The van der Waals surface area contributed by atoms with E-state index in [0.717, 1.165) is 41.3 Å². The minimum Gasteiger partial charge on any atom is -0.347 e. The lowest BCUT2D eigenvalue weighted by Gasteiger charge is -2.17. The average Bonchev–Trinajstić information content (AvgIpc) is 3.40. The first kappa shape index (κ1) is 22.6. The predicted octanol–water partition coefficient (Wildman–Crippen LogP) is 3.86. The molecular weight excluding hydrogens is 422 g/mol. The molecule has 2 aromatic carbocycles. The van der Waals surface area contributed by atoms with Crippen LogP contribution in [0.4, 0.5) is 0 Å². The van der Waals surface area contributed by atoms with Crippen LogP contribution in [-0.2, 0) is 27.8 Å². The summed E-state index contributed by atoms with van der Waals surface area (Å²) >= 11 is 0. The molecule has 1 aliphatic heterocycles. The topological polar surface area (TPSA) is 62.6 Å². The molecule has 1 aromatic heterocycles. The van der Waals surface area contributed by atoms with Gasteiger partial charge in [0.25, 0.3) is 0 Å². The average molecular weight is 454 g/mol.